The molecule has 0 amide bonds. The molecule has 1 spiro atoms. The van der Waals surface area contributed by atoms with E-state index in [4.69, 9.17) is 4.42 Å². The maximum absolute atomic E-state index is 6.52. The Labute approximate surface area is 271 Å². The van der Waals surface area contributed by atoms with Crippen molar-refractivity contribution in [2.45, 2.75) is 57.3 Å². The highest BCUT2D eigenvalue weighted by molar-refractivity contribution is 6.06. The smallest absolute Gasteiger partial charge is 0.139 e. The van der Waals surface area contributed by atoms with Crippen LogP contribution in [0.15, 0.2) is 132 Å². The third-order valence-electron chi connectivity index (χ3n) is 10.8. The first-order chi connectivity index (χ1) is 22.2. The number of benzene rings is 6. The first-order valence-corrected chi connectivity index (χ1v) is 16.6. The van der Waals surface area contributed by atoms with Crippen molar-refractivity contribution in [3.05, 3.63) is 166 Å². The normalized spacial score (nSPS) is 16.5. The molecule has 1 atom stereocenters. The van der Waals surface area contributed by atoms with Gasteiger partial charge in [-0.05, 0) is 79.0 Å². The van der Waals surface area contributed by atoms with Crippen molar-refractivity contribution in [3.8, 4) is 22.3 Å². The van der Waals surface area contributed by atoms with Gasteiger partial charge < -0.3 is 4.42 Å². The van der Waals surface area contributed by atoms with Gasteiger partial charge in [0.25, 0.3) is 0 Å². The highest BCUT2D eigenvalue weighted by Crippen LogP contribution is 2.64. The van der Waals surface area contributed by atoms with E-state index in [-0.39, 0.29) is 16.2 Å². The zero-order chi connectivity index (χ0) is 31.4. The monoisotopic (exact) mass is 594 g/mol. The third-order valence-corrected chi connectivity index (χ3v) is 10.8. The van der Waals surface area contributed by atoms with Crippen molar-refractivity contribution >= 4 is 21.9 Å². The van der Waals surface area contributed by atoms with Crippen LogP contribution < -0.4 is 0 Å². The molecule has 1 nitrogen and oxygen atoms in total. The van der Waals surface area contributed by atoms with Crippen molar-refractivity contribution in [2.24, 2.45) is 0 Å². The van der Waals surface area contributed by atoms with Gasteiger partial charge in [-0.1, -0.05) is 156 Å². The van der Waals surface area contributed by atoms with E-state index in [0.29, 0.717) is 0 Å². The van der Waals surface area contributed by atoms with Gasteiger partial charge in [0, 0.05) is 16.3 Å². The van der Waals surface area contributed by atoms with Gasteiger partial charge in [-0.3, -0.25) is 0 Å². The summed E-state index contributed by atoms with van der Waals surface area (Å²) >= 11 is 0. The van der Waals surface area contributed by atoms with E-state index in [1.54, 1.807) is 0 Å². The average molecular weight is 595 g/mol. The minimum atomic E-state index is -0.349. The van der Waals surface area contributed by atoms with Gasteiger partial charge in [0.05, 0.1) is 5.41 Å². The molecule has 1 unspecified atom stereocenters. The highest BCUT2D eigenvalue weighted by atomic mass is 16.3. The molecule has 9 rings (SSSR count). The van der Waals surface area contributed by atoms with Crippen molar-refractivity contribution in [1.29, 1.82) is 0 Å². The van der Waals surface area contributed by atoms with E-state index in [9.17, 15) is 0 Å². The zero-order valence-corrected chi connectivity index (χ0v) is 27.2. The van der Waals surface area contributed by atoms with E-state index >= 15 is 0 Å². The lowest BCUT2D eigenvalue weighted by Crippen LogP contribution is -2.27. The lowest BCUT2D eigenvalue weighted by Gasteiger charge is -2.32. The summed E-state index contributed by atoms with van der Waals surface area (Å²) < 4.78 is 6.52. The number of para-hydroxylation sites is 2. The summed E-state index contributed by atoms with van der Waals surface area (Å²) in [5, 5.41) is 2.37. The fourth-order valence-electron chi connectivity index (χ4n) is 8.86. The minimum absolute atomic E-state index is 0.0223. The first kappa shape index (κ1) is 27.4. The molecule has 224 valence electrons. The molecule has 0 saturated heterocycles. The lowest BCUT2D eigenvalue weighted by atomic mass is 9.69. The predicted molar refractivity (Wildman–Crippen MR) is 192 cm³/mol. The van der Waals surface area contributed by atoms with Crippen LogP contribution in [-0.4, -0.2) is 0 Å². The van der Waals surface area contributed by atoms with Gasteiger partial charge in [0.1, 0.15) is 11.2 Å². The summed E-state index contributed by atoms with van der Waals surface area (Å²) in [5.41, 5.74) is 16.6. The van der Waals surface area contributed by atoms with Crippen molar-refractivity contribution in [3.63, 3.8) is 0 Å². The van der Waals surface area contributed by atoms with Gasteiger partial charge in [-0.25, -0.2) is 0 Å². The molecule has 6 aromatic carbocycles. The fraction of sp³-hybridized carbons (Fsp3) is 0.200. The van der Waals surface area contributed by atoms with Crippen molar-refractivity contribution in [1.82, 2.24) is 0 Å². The number of rotatable bonds is 3. The molecule has 1 heterocycles. The molecular formula is C45H38O. The Hall–Kier alpha value is -4.88. The van der Waals surface area contributed by atoms with Gasteiger partial charge in [-0.2, -0.15) is 0 Å². The Morgan fingerprint density at radius 3 is 1.93 bits per heavy atom. The number of hydrogen-bond donors (Lipinski definition) is 0. The quantitative estimate of drug-likeness (QED) is 0.198. The van der Waals surface area contributed by atoms with Gasteiger partial charge in [0.15, 0.2) is 0 Å². The van der Waals surface area contributed by atoms with Gasteiger partial charge >= 0.3 is 0 Å². The second-order valence-corrected chi connectivity index (χ2v) is 15.0. The Balaban J connectivity index is 1.26. The molecule has 0 bridgehead atoms. The second-order valence-electron chi connectivity index (χ2n) is 15.0. The largest absolute Gasteiger partial charge is 0.456 e. The number of hydrogen-bond acceptors (Lipinski definition) is 1. The first-order valence-electron chi connectivity index (χ1n) is 16.6. The van der Waals surface area contributed by atoms with E-state index in [2.05, 4.69) is 162 Å². The number of fused-ring (bicyclic) bond motifs is 13. The predicted octanol–water partition coefficient (Wildman–Crippen LogP) is 11.7. The molecule has 2 aliphatic rings. The molecule has 0 radical (unpaired) electrons. The molecule has 7 aromatic rings. The third kappa shape index (κ3) is 3.57. The Morgan fingerprint density at radius 1 is 0.522 bits per heavy atom. The summed E-state index contributed by atoms with van der Waals surface area (Å²) in [6, 6.07) is 47.6. The highest BCUT2D eigenvalue weighted by Gasteiger charge is 2.52. The van der Waals surface area contributed by atoms with Crippen molar-refractivity contribution in [2.75, 3.05) is 0 Å². The Morgan fingerprint density at radius 2 is 1.13 bits per heavy atom. The maximum atomic E-state index is 6.52. The molecule has 46 heavy (non-hydrogen) atoms. The van der Waals surface area contributed by atoms with Crippen LogP contribution in [0.5, 0.6) is 0 Å². The zero-order valence-electron chi connectivity index (χ0n) is 27.2. The summed E-state index contributed by atoms with van der Waals surface area (Å²) in [6.07, 6.45) is 0.902. The topological polar surface area (TPSA) is 13.1 Å². The Kier molecular flexibility index (Phi) is 5.56. The maximum Gasteiger partial charge on any atom is 0.139 e. The summed E-state index contributed by atoms with van der Waals surface area (Å²) in [4.78, 5) is 0. The molecule has 0 fully saturated rings. The van der Waals surface area contributed by atoms with Crippen molar-refractivity contribution < 1.29 is 4.42 Å². The van der Waals surface area contributed by atoms with E-state index in [1.807, 2.05) is 0 Å². The molecule has 1 aromatic heterocycles. The van der Waals surface area contributed by atoms with E-state index in [0.717, 1.165) is 17.6 Å². The molecular weight excluding hydrogens is 556 g/mol. The van der Waals surface area contributed by atoms with Crippen LogP contribution in [0.4, 0.5) is 0 Å². The fourth-order valence-corrected chi connectivity index (χ4v) is 8.86. The van der Waals surface area contributed by atoms with E-state index in [1.165, 1.54) is 72.0 Å². The van der Waals surface area contributed by atoms with Crippen LogP contribution in [0.1, 0.15) is 73.6 Å². The van der Waals surface area contributed by atoms with Crippen LogP contribution >= 0.6 is 0 Å². The standard InChI is InChI=1S/C45H38O/c1-43(2,3)36-20-13-21-37-41(36)33-16-7-10-19-35(33)45(37)34-18-9-6-14-29(34)30-25-24-28(26-39(30)45)27-44(4,5)38-22-12-17-32-31-15-8-11-23-40(31)46-42(32)38/h6-26H,27H2,1-5H3. The minimum Gasteiger partial charge on any atom is -0.456 e. The number of furan rings is 1. The Bertz CT molecular complexity index is 2360. The molecule has 1 heteroatoms. The summed E-state index contributed by atoms with van der Waals surface area (Å²) in [6.45, 7) is 11.8. The van der Waals surface area contributed by atoms with Crippen LogP contribution in [0.2, 0.25) is 0 Å². The molecule has 2 aliphatic carbocycles. The van der Waals surface area contributed by atoms with Crippen LogP contribution in [0.25, 0.3) is 44.2 Å². The van der Waals surface area contributed by atoms with E-state index < -0.39 is 0 Å². The molecule has 0 aliphatic heterocycles. The lowest BCUT2D eigenvalue weighted by molar-refractivity contribution is 0.514. The average Bonchev–Trinajstić information content (AvgIpc) is 3.68. The molecule has 0 N–H and O–H groups in total. The van der Waals surface area contributed by atoms with Crippen LogP contribution in [-0.2, 0) is 22.7 Å². The second kappa shape index (κ2) is 9.33. The molecule has 0 saturated carbocycles. The summed E-state index contributed by atoms with van der Waals surface area (Å²) in [5.74, 6) is 0. The SMILES string of the molecule is CC(C)(C)c1cccc2c1-c1ccccc1C21c2ccccc2-c2ccc(CC(C)(C)c3cccc4c3oc3ccccc34)cc21. The van der Waals surface area contributed by atoms with Crippen LogP contribution in [0, 0.1) is 0 Å². The van der Waals surface area contributed by atoms with Gasteiger partial charge in [-0.15, -0.1) is 0 Å². The van der Waals surface area contributed by atoms with Crippen LogP contribution in [0.3, 0.4) is 0 Å². The summed E-state index contributed by atoms with van der Waals surface area (Å²) in [7, 11) is 0. The van der Waals surface area contributed by atoms with Gasteiger partial charge in [0.2, 0.25) is 0 Å².